The van der Waals surface area contributed by atoms with Crippen molar-refractivity contribution in [3.63, 3.8) is 0 Å². The molecule has 34 heavy (non-hydrogen) atoms. The van der Waals surface area contributed by atoms with Gasteiger partial charge in [0.2, 0.25) is 0 Å². The lowest BCUT2D eigenvalue weighted by molar-refractivity contribution is -0.115. The second-order valence-electron chi connectivity index (χ2n) is 8.50. The van der Waals surface area contributed by atoms with E-state index in [4.69, 9.17) is 16.3 Å². The molecule has 0 spiro atoms. The number of ketones is 2. The molecule has 3 aromatic rings. The summed E-state index contributed by atoms with van der Waals surface area (Å²) in [6, 6.07) is 23.6. The molecule has 0 aromatic heterocycles. The Morgan fingerprint density at radius 3 is 2.21 bits per heavy atom. The largest absolute Gasteiger partial charge is 0.497 e. The number of hydrogen-bond donors (Lipinski definition) is 0. The van der Waals surface area contributed by atoms with Gasteiger partial charge in [0.05, 0.1) is 7.11 Å². The molecule has 0 heterocycles. The monoisotopic (exact) mass is 462 g/mol. The van der Waals surface area contributed by atoms with Gasteiger partial charge >= 0.3 is 0 Å². The molecule has 0 saturated carbocycles. The Kier molecular flexibility index (Phi) is 4.75. The topological polar surface area (TPSA) is 43.4 Å². The summed E-state index contributed by atoms with van der Waals surface area (Å²) in [4.78, 5) is 26.4. The molecule has 3 aliphatic carbocycles. The number of halogens is 1. The first kappa shape index (κ1) is 20.6. The number of methoxy groups -OCH3 is 1. The van der Waals surface area contributed by atoms with E-state index in [1.807, 2.05) is 60.7 Å². The molecule has 0 fully saturated rings. The van der Waals surface area contributed by atoms with E-state index in [0.29, 0.717) is 16.2 Å². The number of hydrogen-bond acceptors (Lipinski definition) is 3. The van der Waals surface area contributed by atoms with Crippen LogP contribution in [-0.2, 0) is 9.59 Å². The lowest BCUT2D eigenvalue weighted by Gasteiger charge is -2.28. The van der Waals surface area contributed by atoms with Gasteiger partial charge < -0.3 is 4.74 Å². The van der Waals surface area contributed by atoms with E-state index in [1.165, 1.54) is 12.2 Å². The first-order valence-electron chi connectivity index (χ1n) is 11.0. The Balaban J connectivity index is 1.68. The number of allylic oxidation sites excluding steroid dienone is 7. The van der Waals surface area contributed by atoms with Crippen LogP contribution >= 0.6 is 11.6 Å². The van der Waals surface area contributed by atoms with Crippen molar-refractivity contribution in [1.82, 2.24) is 0 Å². The zero-order chi connectivity index (χ0) is 23.4. The molecule has 3 nitrogen and oxygen atoms in total. The van der Waals surface area contributed by atoms with Crippen molar-refractivity contribution in [1.29, 1.82) is 0 Å². The lowest BCUT2D eigenvalue weighted by atomic mass is 9.75. The smallest absolute Gasteiger partial charge is 0.187 e. The molecule has 1 unspecified atom stereocenters. The molecule has 0 amide bonds. The van der Waals surface area contributed by atoms with Crippen LogP contribution in [0.2, 0.25) is 5.02 Å². The first-order valence-corrected chi connectivity index (χ1v) is 11.4. The third-order valence-corrected chi connectivity index (χ3v) is 6.92. The molecule has 0 N–H and O–H groups in total. The zero-order valence-corrected chi connectivity index (χ0v) is 19.1. The summed E-state index contributed by atoms with van der Waals surface area (Å²) in [5.41, 5.74) is 7.62. The minimum absolute atomic E-state index is 0.146. The third-order valence-electron chi connectivity index (χ3n) is 6.69. The van der Waals surface area contributed by atoms with E-state index in [9.17, 15) is 9.59 Å². The normalized spacial score (nSPS) is 18.5. The van der Waals surface area contributed by atoms with Crippen LogP contribution in [0, 0.1) is 0 Å². The Hall–Kier alpha value is -3.95. The predicted octanol–water partition coefficient (Wildman–Crippen LogP) is 6.35. The van der Waals surface area contributed by atoms with E-state index in [0.717, 1.165) is 44.7 Å². The maximum Gasteiger partial charge on any atom is 0.187 e. The van der Waals surface area contributed by atoms with Crippen molar-refractivity contribution in [2.24, 2.45) is 0 Å². The molecule has 4 heteroatoms. The van der Waals surface area contributed by atoms with Gasteiger partial charge in [-0.05, 0) is 81.5 Å². The van der Waals surface area contributed by atoms with Gasteiger partial charge in [-0.1, -0.05) is 60.1 Å². The van der Waals surface area contributed by atoms with Crippen LogP contribution in [0.3, 0.4) is 0 Å². The quantitative estimate of drug-likeness (QED) is 0.455. The predicted molar refractivity (Wildman–Crippen MR) is 134 cm³/mol. The highest BCUT2D eigenvalue weighted by molar-refractivity contribution is 6.32. The Morgan fingerprint density at radius 1 is 0.794 bits per heavy atom. The van der Waals surface area contributed by atoms with E-state index in [1.54, 1.807) is 7.11 Å². The van der Waals surface area contributed by atoms with Crippen molar-refractivity contribution >= 4 is 34.3 Å². The number of benzene rings is 3. The first-order chi connectivity index (χ1) is 16.6. The minimum Gasteiger partial charge on any atom is -0.497 e. The number of ether oxygens (including phenoxy) is 1. The van der Waals surface area contributed by atoms with Crippen molar-refractivity contribution in [2.45, 2.75) is 5.92 Å². The van der Waals surface area contributed by atoms with Crippen LogP contribution in [0.25, 0.3) is 11.1 Å². The van der Waals surface area contributed by atoms with Crippen LogP contribution in [0.1, 0.15) is 28.2 Å². The average Bonchev–Trinajstić information content (AvgIpc) is 3.23. The van der Waals surface area contributed by atoms with Crippen LogP contribution in [0.5, 0.6) is 5.75 Å². The fourth-order valence-electron chi connectivity index (χ4n) is 5.23. The fourth-order valence-corrected chi connectivity index (χ4v) is 5.41. The fraction of sp³-hybridized carbons (Fsp3) is 0.0667. The molecule has 3 aromatic carbocycles. The van der Waals surface area contributed by atoms with Crippen molar-refractivity contribution < 1.29 is 14.3 Å². The van der Waals surface area contributed by atoms with Gasteiger partial charge in [0, 0.05) is 22.1 Å². The second-order valence-corrected chi connectivity index (χ2v) is 8.93. The number of carbonyl (C=O) groups is 2. The van der Waals surface area contributed by atoms with E-state index in [-0.39, 0.29) is 17.5 Å². The van der Waals surface area contributed by atoms with E-state index < -0.39 is 0 Å². The van der Waals surface area contributed by atoms with Crippen molar-refractivity contribution in [3.05, 3.63) is 135 Å². The molecular formula is C30H19ClO3. The molecule has 0 aliphatic heterocycles. The number of fused-ring (bicyclic) bond motifs is 4. The van der Waals surface area contributed by atoms with Gasteiger partial charge in [-0.3, -0.25) is 9.59 Å². The van der Waals surface area contributed by atoms with Crippen molar-refractivity contribution in [2.75, 3.05) is 7.11 Å². The summed E-state index contributed by atoms with van der Waals surface area (Å²) in [7, 11) is 1.62. The van der Waals surface area contributed by atoms with Crippen LogP contribution in [0.4, 0.5) is 0 Å². The summed E-state index contributed by atoms with van der Waals surface area (Å²) in [6.07, 6.45) is 4.83. The molecule has 0 radical (unpaired) electrons. The number of carbonyl (C=O) groups excluding carboxylic acids is 2. The SMILES string of the molecule is COc1ccc(C2=C3C(=O)C=CC(=O)C3=C3C=C(c4ccccc4)c4ccc(Cl)cc4C32)cc1. The minimum atomic E-state index is -0.271. The third kappa shape index (κ3) is 3.05. The molecule has 164 valence electrons. The van der Waals surface area contributed by atoms with Gasteiger partial charge in [-0.15, -0.1) is 0 Å². The molecule has 6 rings (SSSR count). The van der Waals surface area contributed by atoms with Gasteiger partial charge in [0.1, 0.15) is 5.75 Å². The standard InChI is InChI=1S/C30H19ClO3/c1-34-20-10-7-18(8-11-20)27-28-23-15-19(31)9-12-21(23)22(17-5-3-2-4-6-17)16-24(28)29-25(32)13-14-26(33)30(27)29/h2-16,28H,1H3. The highest BCUT2D eigenvalue weighted by atomic mass is 35.5. The Bertz CT molecular complexity index is 1500. The van der Waals surface area contributed by atoms with E-state index >= 15 is 0 Å². The van der Waals surface area contributed by atoms with Crippen LogP contribution in [-0.4, -0.2) is 18.7 Å². The van der Waals surface area contributed by atoms with Crippen molar-refractivity contribution in [3.8, 4) is 5.75 Å². The summed E-state index contributed by atoms with van der Waals surface area (Å²) in [6.45, 7) is 0. The Morgan fingerprint density at radius 2 is 1.50 bits per heavy atom. The van der Waals surface area contributed by atoms with Gasteiger partial charge in [-0.25, -0.2) is 0 Å². The highest BCUT2D eigenvalue weighted by Gasteiger charge is 2.43. The number of rotatable bonds is 3. The highest BCUT2D eigenvalue weighted by Crippen LogP contribution is 2.55. The lowest BCUT2D eigenvalue weighted by Crippen LogP contribution is -2.14. The van der Waals surface area contributed by atoms with Gasteiger partial charge in [0.25, 0.3) is 0 Å². The molecule has 1 atom stereocenters. The summed E-state index contributed by atoms with van der Waals surface area (Å²) in [5.74, 6) is 0.158. The maximum atomic E-state index is 13.2. The molecule has 0 saturated heterocycles. The zero-order valence-electron chi connectivity index (χ0n) is 18.3. The molecule has 0 bridgehead atoms. The van der Waals surface area contributed by atoms with Crippen LogP contribution < -0.4 is 4.74 Å². The molecule has 3 aliphatic rings. The van der Waals surface area contributed by atoms with Gasteiger partial charge in [0.15, 0.2) is 11.6 Å². The summed E-state index contributed by atoms with van der Waals surface area (Å²) >= 11 is 6.49. The van der Waals surface area contributed by atoms with Crippen LogP contribution in [0.15, 0.2) is 108 Å². The summed E-state index contributed by atoms with van der Waals surface area (Å²) < 4.78 is 5.33. The summed E-state index contributed by atoms with van der Waals surface area (Å²) in [5, 5.41) is 0.613. The van der Waals surface area contributed by atoms with E-state index in [2.05, 4.69) is 18.2 Å². The van der Waals surface area contributed by atoms with Gasteiger partial charge in [-0.2, -0.15) is 0 Å². The Labute approximate surface area is 202 Å². The average molecular weight is 463 g/mol. The maximum absolute atomic E-state index is 13.2. The molecular weight excluding hydrogens is 444 g/mol. The second kappa shape index (κ2) is 7.82.